The molecule has 7 nitrogen and oxygen atoms in total. The van der Waals surface area contributed by atoms with E-state index in [0.29, 0.717) is 12.2 Å². The van der Waals surface area contributed by atoms with Crippen LogP contribution < -0.4 is 15.9 Å². The molecule has 0 radical (unpaired) electrons. The second kappa shape index (κ2) is 18.2. The molecule has 5 rings (SSSR count). The molecular weight excluding hydrogens is 786 g/mol. The van der Waals surface area contributed by atoms with Crippen LogP contribution in [0.25, 0.3) is 0 Å². The van der Waals surface area contributed by atoms with E-state index in [-0.39, 0.29) is 40.2 Å². The number of ketones is 1. The van der Waals surface area contributed by atoms with Crippen molar-refractivity contribution in [2.45, 2.75) is 110 Å². The predicted octanol–water partition coefficient (Wildman–Crippen LogP) is 9.87. The average Bonchev–Trinajstić information content (AvgIpc) is 3.19. The molecule has 0 spiro atoms. The number of hydrogen-bond acceptors (Lipinski definition) is 6. The monoisotopic (exact) mass is 849 g/mol. The third-order valence-electron chi connectivity index (χ3n) is 12.6. The van der Waals surface area contributed by atoms with Crippen LogP contribution in [0.4, 0.5) is 0 Å². The minimum Gasteiger partial charge on any atom is -0.457 e. The van der Waals surface area contributed by atoms with E-state index in [0.717, 1.165) is 21.5 Å². The molecular formula is C49H64NO6PSi2. The fourth-order valence-electron chi connectivity index (χ4n) is 7.26. The van der Waals surface area contributed by atoms with Gasteiger partial charge in [-0.15, -0.1) is 0 Å². The number of likely N-dealkylation sites (tertiary alicyclic amines) is 1. The second-order valence-corrected chi connectivity index (χ2v) is 31.5. The highest BCUT2D eigenvalue weighted by molar-refractivity contribution is 7.96. The molecule has 1 heterocycles. The van der Waals surface area contributed by atoms with Crippen LogP contribution in [0.5, 0.6) is 0 Å². The molecule has 3 atom stereocenters. The fraction of sp³-hybridized carbons (Fsp3) is 0.388. The molecule has 1 aliphatic heterocycles. The van der Waals surface area contributed by atoms with Gasteiger partial charge in [0, 0.05) is 18.9 Å². The third-order valence-corrected chi connectivity index (χ3v) is 25.9. The minimum absolute atomic E-state index is 0.0231. The highest BCUT2D eigenvalue weighted by atomic mass is 31.2. The Bertz CT molecular complexity index is 2070. The summed E-state index contributed by atoms with van der Waals surface area (Å²) in [6.07, 6.45) is 0.984. The molecule has 0 bridgehead atoms. The summed E-state index contributed by atoms with van der Waals surface area (Å²) in [6, 6.07) is 36.6. The van der Waals surface area contributed by atoms with Crippen molar-refractivity contribution in [1.29, 1.82) is 0 Å². The average molecular weight is 850 g/mol. The van der Waals surface area contributed by atoms with Gasteiger partial charge in [0.15, 0.2) is 22.4 Å². The van der Waals surface area contributed by atoms with Crippen LogP contribution in [0.2, 0.25) is 36.3 Å². The van der Waals surface area contributed by atoms with Gasteiger partial charge in [-0.25, -0.2) is 4.79 Å². The van der Waals surface area contributed by atoms with E-state index >= 15 is 9.59 Å². The molecule has 0 unspecified atom stereocenters. The first-order chi connectivity index (χ1) is 27.7. The first-order valence-corrected chi connectivity index (χ1v) is 28.3. The number of benzene rings is 4. The number of nitrogens with zero attached hydrogens (tertiary/aromatic N) is 1. The maximum absolute atomic E-state index is 15.2. The Kier molecular flexibility index (Phi) is 14.2. The van der Waals surface area contributed by atoms with Gasteiger partial charge in [0.05, 0.1) is 24.7 Å². The molecule has 0 aliphatic carbocycles. The molecule has 0 saturated carbocycles. The van der Waals surface area contributed by atoms with Gasteiger partial charge in [-0.3, -0.25) is 9.59 Å². The Morgan fingerprint density at radius 2 is 1.25 bits per heavy atom. The number of ether oxygens (including phenoxy) is 1. The van der Waals surface area contributed by atoms with Crippen LogP contribution in [0.3, 0.4) is 0 Å². The predicted molar refractivity (Wildman–Crippen MR) is 251 cm³/mol. The Morgan fingerprint density at radius 3 is 1.71 bits per heavy atom. The quantitative estimate of drug-likeness (QED) is 0.0279. The van der Waals surface area contributed by atoms with Crippen molar-refractivity contribution in [2.24, 2.45) is 5.92 Å². The van der Waals surface area contributed by atoms with Crippen molar-refractivity contribution in [1.82, 2.24) is 4.90 Å². The molecule has 59 heavy (non-hydrogen) atoms. The summed E-state index contributed by atoms with van der Waals surface area (Å²) in [5.41, 5.74) is 1.68. The zero-order valence-corrected chi connectivity index (χ0v) is 39.8. The molecule has 314 valence electrons. The van der Waals surface area contributed by atoms with Crippen LogP contribution >= 0.6 is 6.89 Å². The fourth-order valence-corrected chi connectivity index (χ4v) is 14.0. The Morgan fingerprint density at radius 1 is 0.763 bits per heavy atom. The number of β-lactam (4-membered cyclic amide) rings is 1. The van der Waals surface area contributed by atoms with Gasteiger partial charge in [-0.1, -0.05) is 163 Å². The largest absolute Gasteiger partial charge is 0.457 e. The molecule has 1 amide bonds. The van der Waals surface area contributed by atoms with Gasteiger partial charge < -0.3 is 18.5 Å². The van der Waals surface area contributed by atoms with Gasteiger partial charge in [0.25, 0.3) is 0 Å². The van der Waals surface area contributed by atoms with E-state index < -0.39 is 47.6 Å². The number of carbonyl (C=O) groups excluding carboxylic acids is 3. The van der Waals surface area contributed by atoms with E-state index in [9.17, 15) is 4.79 Å². The van der Waals surface area contributed by atoms with Crippen molar-refractivity contribution >= 4 is 62.5 Å². The van der Waals surface area contributed by atoms with Crippen molar-refractivity contribution in [3.63, 3.8) is 0 Å². The van der Waals surface area contributed by atoms with E-state index in [1.54, 1.807) is 4.90 Å². The first-order valence-electron chi connectivity index (χ1n) is 20.7. The summed E-state index contributed by atoms with van der Waals surface area (Å²) in [5, 5.41) is 2.56. The lowest BCUT2D eigenvalue weighted by molar-refractivity contribution is -0.156. The molecule has 1 saturated heterocycles. The maximum Gasteiger partial charge on any atom is 0.356 e. The summed E-state index contributed by atoms with van der Waals surface area (Å²) in [5.74, 6) is -1.71. The minimum atomic E-state index is -3.19. The molecule has 1 aliphatic rings. The Hall–Kier alpha value is -4.12. The lowest BCUT2D eigenvalue weighted by atomic mass is 9.79. The molecule has 4 aromatic carbocycles. The molecule has 10 heteroatoms. The summed E-state index contributed by atoms with van der Waals surface area (Å²) in [4.78, 5) is 46.6. The maximum atomic E-state index is 15.2. The summed E-state index contributed by atoms with van der Waals surface area (Å²) in [7, 11) is -4.43. The van der Waals surface area contributed by atoms with Crippen molar-refractivity contribution in [2.75, 3.05) is 6.61 Å². The van der Waals surface area contributed by atoms with Crippen molar-refractivity contribution < 1.29 is 28.0 Å². The summed E-state index contributed by atoms with van der Waals surface area (Å²) >= 11 is 0. The van der Waals surface area contributed by atoms with Crippen LogP contribution in [-0.2, 0) is 29.8 Å². The van der Waals surface area contributed by atoms with Crippen molar-refractivity contribution in [3.8, 4) is 0 Å². The van der Waals surface area contributed by atoms with Gasteiger partial charge in [-0.2, -0.15) is 0 Å². The summed E-state index contributed by atoms with van der Waals surface area (Å²) < 4.78 is 19.5. The van der Waals surface area contributed by atoms with Crippen LogP contribution in [0, 0.1) is 5.92 Å². The third kappa shape index (κ3) is 9.61. The number of esters is 1. The lowest BCUT2D eigenvalue weighted by Gasteiger charge is -2.53. The van der Waals surface area contributed by atoms with Gasteiger partial charge >= 0.3 is 5.97 Å². The number of hydrogen-bond donors (Lipinski definition) is 0. The number of Topliss-reactive ketones (excluding diaryl/α,β-unsaturated/α-hetero) is 1. The summed E-state index contributed by atoms with van der Waals surface area (Å²) in [6.45, 7) is 24.8. The first kappa shape index (κ1) is 46.0. The zero-order valence-electron chi connectivity index (χ0n) is 37.0. The lowest BCUT2D eigenvalue weighted by Crippen LogP contribution is -2.69. The van der Waals surface area contributed by atoms with E-state index in [1.165, 1.54) is 6.08 Å². The standard InChI is InChI=1S/C49H64NO6PSi2/c1-13-32-54-47(53)46(57(39-26-17-14-18-27-39,40-28-19-15-20-29-40)41-30-21-16-22-31-41)50-42(44(45(50)52)36(2)56-59(11,12)49(6,7)8)34-43(51)38-25-23-24-37(33-38)35-55-58(9,10)48(3,4)5/h13-31,33,36,42,44H,1,32,34-35H2,2-12H3/t36-,42+,44+/m0/s1. The molecule has 0 aromatic heterocycles. The van der Waals surface area contributed by atoms with Crippen LogP contribution in [0.15, 0.2) is 128 Å². The van der Waals surface area contributed by atoms with E-state index in [1.807, 2.05) is 122 Å². The Labute approximate surface area is 355 Å². The molecule has 1 fully saturated rings. The molecule has 4 aromatic rings. The molecule has 0 N–H and O–H groups in total. The number of carbonyl (C=O) groups is 3. The van der Waals surface area contributed by atoms with Crippen molar-refractivity contribution in [3.05, 3.63) is 139 Å². The number of amides is 1. The van der Waals surface area contributed by atoms with E-state index in [2.05, 4.69) is 74.3 Å². The Balaban J connectivity index is 1.75. The number of rotatable bonds is 16. The van der Waals surface area contributed by atoms with Crippen LogP contribution in [0.1, 0.15) is 70.8 Å². The van der Waals surface area contributed by atoms with Gasteiger partial charge in [0.1, 0.15) is 12.0 Å². The smallest absolute Gasteiger partial charge is 0.356 e. The zero-order chi connectivity index (χ0) is 43.4. The highest BCUT2D eigenvalue weighted by Crippen LogP contribution is 2.51. The van der Waals surface area contributed by atoms with Gasteiger partial charge in [-0.05, 0) is 70.7 Å². The second-order valence-electron chi connectivity index (χ2n) is 18.6. The highest BCUT2D eigenvalue weighted by Gasteiger charge is 2.57. The SMILES string of the molecule is C=CCOC(=O)C(N1C(=O)[C@H]([C@H](C)O[Si](C)(C)C(C)(C)C)[C@H]1CC(=O)c1cccc(CO[Si](C)(C)C(C)(C)C)c1)=P(c1ccccc1)(c1ccccc1)c1ccccc1. The normalized spacial score (nSPS) is 16.9. The van der Waals surface area contributed by atoms with Gasteiger partial charge in [0.2, 0.25) is 5.91 Å². The van der Waals surface area contributed by atoms with E-state index in [4.69, 9.17) is 13.6 Å². The topological polar surface area (TPSA) is 82.1 Å². The van der Waals surface area contributed by atoms with Crippen LogP contribution in [-0.4, -0.2) is 63.4 Å².